The third kappa shape index (κ3) is 1.46. The van der Waals surface area contributed by atoms with Gasteiger partial charge in [0.2, 0.25) is 0 Å². The van der Waals surface area contributed by atoms with E-state index in [4.69, 9.17) is 5.73 Å². The van der Waals surface area contributed by atoms with Crippen molar-refractivity contribution in [1.29, 1.82) is 0 Å². The summed E-state index contributed by atoms with van der Waals surface area (Å²) in [7, 11) is 0. The lowest BCUT2D eigenvalue weighted by molar-refractivity contribution is -0.120. The minimum Gasteiger partial charge on any atom is -0.367 e. The summed E-state index contributed by atoms with van der Waals surface area (Å²) in [5.41, 5.74) is 7.40. The largest absolute Gasteiger partial charge is 0.367 e. The molecular formula is C15H13N3O. The number of nitrogens with zero attached hydrogens (tertiary/aromatic N) is 1. The predicted octanol–water partition coefficient (Wildman–Crippen LogP) is 1.90. The summed E-state index contributed by atoms with van der Waals surface area (Å²) in [6.07, 6.45) is 1.64. The van der Waals surface area contributed by atoms with Crippen molar-refractivity contribution >= 4 is 17.2 Å². The number of fused-ring (bicyclic) bond motifs is 1. The summed E-state index contributed by atoms with van der Waals surface area (Å²) in [4.78, 5) is 16.3. The number of rotatable bonds is 2. The van der Waals surface area contributed by atoms with E-state index < -0.39 is 11.4 Å². The van der Waals surface area contributed by atoms with Crippen LogP contribution in [0.1, 0.15) is 11.3 Å². The fourth-order valence-electron chi connectivity index (χ4n) is 2.47. The Labute approximate surface area is 111 Å². The van der Waals surface area contributed by atoms with Crippen molar-refractivity contribution in [2.24, 2.45) is 5.73 Å². The van der Waals surface area contributed by atoms with E-state index in [1.54, 1.807) is 18.3 Å². The number of anilines is 1. The molecule has 1 aromatic carbocycles. The SMILES string of the molecule is C=C1c2ccccc2NC1(C(N)=O)c1ccccn1. The molecule has 0 saturated carbocycles. The molecule has 1 aliphatic heterocycles. The zero-order valence-electron chi connectivity index (χ0n) is 10.3. The van der Waals surface area contributed by atoms with Crippen molar-refractivity contribution < 1.29 is 4.79 Å². The van der Waals surface area contributed by atoms with Crippen LogP contribution in [0, 0.1) is 0 Å². The van der Waals surface area contributed by atoms with Gasteiger partial charge in [0.05, 0.1) is 5.69 Å². The molecule has 1 amide bonds. The molecule has 1 aromatic heterocycles. The van der Waals surface area contributed by atoms with Gasteiger partial charge in [0.15, 0.2) is 5.54 Å². The lowest BCUT2D eigenvalue weighted by atomic mass is 9.86. The predicted molar refractivity (Wildman–Crippen MR) is 74.2 cm³/mol. The van der Waals surface area contributed by atoms with E-state index in [0.29, 0.717) is 11.3 Å². The van der Waals surface area contributed by atoms with Crippen molar-refractivity contribution in [3.63, 3.8) is 0 Å². The summed E-state index contributed by atoms with van der Waals surface area (Å²) in [6.45, 7) is 4.04. The van der Waals surface area contributed by atoms with Gasteiger partial charge in [-0.1, -0.05) is 30.8 Å². The number of hydrogen-bond acceptors (Lipinski definition) is 3. The number of primary amides is 1. The van der Waals surface area contributed by atoms with Gasteiger partial charge in [-0.15, -0.1) is 0 Å². The van der Waals surface area contributed by atoms with Gasteiger partial charge in [-0.25, -0.2) is 0 Å². The van der Waals surface area contributed by atoms with Crippen LogP contribution >= 0.6 is 0 Å². The van der Waals surface area contributed by atoms with E-state index in [2.05, 4.69) is 16.9 Å². The van der Waals surface area contributed by atoms with E-state index in [1.165, 1.54) is 0 Å². The summed E-state index contributed by atoms with van der Waals surface area (Å²) in [5.74, 6) is -0.507. The maximum absolute atomic E-state index is 12.1. The van der Waals surface area contributed by atoms with E-state index in [1.807, 2.05) is 30.3 Å². The molecule has 4 nitrogen and oxygen atoms in total. The number of aromatic nitrogens is 1. The first-order chi connectivity index (χ1) is 9.16. The van der Waals surface area contributed by atoms with Crippen LogP contribution in [0.4, 0.5) is 5.69 Å². The van der Waals surface area contributed by atoms with E-state index in [-0.39, 0.29) is 0 Å². The molecule has 0 radical (unpaired) electrons. The van der Waals surface area contributed by atoms with Crippen molar-refractivity contribution in [2.75, 3.05) is 5.32 Å². The number of nitrogens with one attached hydrogen (secondary N) is 1. The van der Waals surface area contributed by atoms with Crippen molar-refractivity contribution in [3.05, 3.63) is 66.5 Å². The van der Waals surface area contributed by atoms with Gasteiger partial charge >= 0.3 is 0 Å². The van der Waals surface area contributed by atoms with Gasteiger partial charge < -0.3 is 11.1 Å². The second-order valence-electron chi connectivity index (χ2n) is 4.48. The summed E-state index contributed by atoms with van der Waals surface area (Å²) in [5, 5.41) is 3.18. The Kier molecular flexibility index (Phi) is 2.38. The number of para-hydroxylation sites is 1. The fourth-order valence-corrected chi connectivity index (χ4v) is 2.47. The van der Waals surface area contributed by atoms with Crippen molar-refractivity contribution in [1.82, 2.24) is 4.98 Å². The molecule has 4 heteroatoms. The molecule has 1 unspecified atom stereocenters. The number of carbonyl (C=O) groups excluding carboxylic acids is 1. The normalized spacial score (nSPS) is 20.7. The fraction of sp³-hybridized carbons (Fsp3) is 0.0667. The van der Waals surface area contributed by atoms with Crippen LogP contribution in [0.5, 0.6) is 0 Å². The highest BCUT2D eigenvalue weighted by Gasteiger charge is 2.48. The first-order valence-electron chi connectivity index (χ1n) is 5.94. The van der Waals surface area contributed by atoms with E-state index >= 15 is 0 Å². The second-order valence-corrected chi connectivity index (χ2v) is 4.48. The molecule has 0 fully saturated rings. The van der Waals surface area contributed by atoms with Crippen LogP contribution in [-0.2, 0) is 10.3 Å². The molecule has 2 aromatic rings. The molecule has 0 bridgehead atoms. The number of nitrogens with two attached hydrogens (primary N) is 1. The number of hydrogen-bond donors (Lipinski definition) is 2. The second kappa shape index (κ2) is 3.95. The van der Waals surface area contributed by atoms with Gasteiger partial charge in [0, 0.05) is 17.4 Å². The number of carbonyl (C=O) groups is 1. The molecule has 0 spiro atoms. The first-order valence-corrected chi connectivity index (χ1v) is 5.94. The highest BCUT2D eigenvalue weighted by atomic mass is 16.1. The van der Waals surface area contributed by atoms with Crippen LogP contribution in [0.3, 0.4) is 0 Å². The zero-order valence-corrected chi connectivity index (χ0v) is 10.3. The Bertz CT molecular complexity index is 666. The average Bonchev–Trinajstić information content (AvgIpc) is 2.75. The Hall–Kier alpha value is -2.62. The van der Waals surface area contributed by atoms with Gasteiger partial charge in [0.25, 0.3) is 5.91 Å². The van der Waals surface area contributed by atoms with Crippen LogP contribution in [-0.4, -0.2) is 10.9 Å². The summed E-state index contributed by atoms with van der Waals surface area (Å²) >= 11 is 0. The molecule has 94 valence electrons. The lowest BCUT2D eigenvalue weighted by Crippen LogP contribution is -2.46. The Balaban J connectivity index is 2.22. The summed E-state index contributed by atoms with van der Waals surface area (Å²) < 4.78 is 0. The average molecular weight is 251 g/mol. The standard InChI is InChI=1S/C15H13N3O/c1-10-11-6-2-3-7-12(11)18-15(10,14(16)19)13-8-4-5-9-17-13/h2-9,18H,1H2,(H2,16,19). The molecule has 2 heterocycles. The van der Waals surface area contributed by atoms with Gasteiger partial charge in [-0.2, -0.15) is 0 Å². The highest BCUT2D eigenvalue weighted by molar-refractivity contribution is 6.08. The molecule has 3 N–H and O–H groups in total. The number of amides is 1. The minimum atomic E-state index is -1.16. The van der Waals surface area contributed by atoms with Gasteiger partial charge in [-0.05, 0) is 23.8 Å². The number of benzene rings is 1. The first kappa shape index (κ1) is 11.5. The topological polar surface area (TPSA) is 68.0 Å². The Morgan fingerprint density at radius 1 is 1.21 bits per heavy atom. The molecule has 19 heavy (non-hydrogen) atoms. The third-order valence-electron chi connectivity index (χ3n) is 3.45. The number of pyridine rings is 1. The molecule has 0 aliphatic carbocycles. The quantitative estimate of drug-likeness (QED) is 0.856. The maximum atomic E-state index is 12.1. The third-order valence-corrected chi connectivity index (χ3v) is 3.45. The van der Waals surface area contributed by atoms with Crippen LogP contribution in [0.25, 0.3) is 5.57 Å². The molecular weight excluding hydrogens is 238 g/mol. The van der Waals surface area contributed by atoms with Crippen LogP contribution < -0.4 is 11.1 Å². The molecule has 3 rings (SSSR count). The minimum absolute atomic E-state index is 0.507. The molecule has 0 saturated heterocycles. The van der Waals surface area contributed by atoms with Crippen molar-refractivity contribution in [3.8, 4) is 0 Å². The summed E-state index contributed by atoms with van der Waals surface area (Å²) in [6, 6.07) is 13.0. The lowest BCUT2D eigenvalue weighted by Gasteiger charge is -2.27. The maximum Gasteiger partial charge on any atom is 0.254 e. The zero-order chi connectivity index (χ0) is 13.5. The molecule has 1 atom stereocenters. The van der Waals surface area contributed by atoms with Crippen LogP contribution in [0.15, 0.2) is 55.2 Å². The van der Waals surface area contributed by atoms with Gasteiger partial charge in [-0.3, -0.25) is 9.78 Å². The molecule has 1 aliphatic rings. The van der Waals surface area contributed by atoms with Crippen LogP contribution in [0.2, 0.25) is 0 Å². The van der Waals surface area contributed by atoms with E-state index in [9.17, 15) is 4.79 Å². The smallest absolute Gasteiger partial charge is 0.254 e. The Morgan fingerprint density at radius 2 is 1.95 bits per heavy atom. The van der Waals surface area contributed by atoms with E-state index in [0.717, 1.165) is 11.3 Å². The monoisotopic (exact) mass is 251 g/mol. The van der Waals surface area contributed by atoms with Crippen molar-refractivity contribution in [2.45, 2.75) is 5.54 Å². The Morgan fingerprint density at radius 3 is 2.58 bits per heavy atom. The van der Waals surface area contributed by atoms with Gasteiger partial charge in [0.1, 0.15) is 0 Å². The highest BCUT2D eigenvalue weighted by Crippen LogP contribution is 2.46.